The van der Waals surface area contributed by atoms with Crippen LogP contribution in [-0.2, 0) is 35.0 Å². The molecule has 0 saturated heterocycles. The molecule has 0 amide bonds. The standard InChI is InChI=1S/C28H43NO9/c1-7-9-11-24(30)37-22-14-13-21(15-23(22)38-25(31)12-10-8-2)17-28(29,26(32)34-6)16-20(5)36-27(33)35-18-19(3)4/h13-15,19-20H,7-12,16-18,29H2,1-6H3/t20-,28?/m0/s1. The summed E-state index contributed by atoms with van der Waals surface area (Å²) in [5.41, 5.74) is 5.43. The molecule has 38 heavy (non-hydrogen) atoms. The molecule has 1 aromatic carbocycles. The lowest BCUT2D eigenvalue weighted by Gasteiger charge is -2.29. The molecule has 10 nitrogen and oxygen atoms in total. The van der Waals surface area contributed by atoms with Gasteiger partial charge in [0.15, 0.2) is 11.5 Å². The molecule has 1 aromatic rings. The van der Waals surface area contributed by atoms with Gasteiger partial charge >= 0.3 is 24.1 Å². The Balaban J connectivity index is 3.15. The number of methoxy groups -OCH3 is 1. The number of ether oxygens (including phenoxy) is 5. The molecule has 214 valence electrons. The first-order valence-corrected chi connectivity index (χ1v) is 13.2. The SMILES string of the molecule is CCCCC(=O)Oc1ccc(CC(N)(C[C@H](C)OC(=O)OCC(C)C)C(=O)OC)cc1OC(=O)CCCC. The van der Waals surface area contributed by atoms with Crippen molar-refractivity contribution in [3.63, 3.8) is 0 Å². The van der Waals surface area contributed by atoms with Crippen LogP contribution in [0.4, 0.5) is 4.79 Å². The van der Waals surface area contributed by atoms with Gasteiger partial charge in [-0.05, 0) is 43.4 Å². The van der Waals surface area contributed by atoms with E-state index in [1.165, 1.54) is 19.2 Å². The highest BCUT2D eigenvalue weighted by Crippen LogP contribution is 2.32. The Labute approximate surface area is 225 Å². The Morgan fingerprint density at radius 3 is 2.03 bits per heavy atom. The molecule has 0 spiro atoms. The van der Waals surface area contributed by atoms with Crippen LogP contribution >= 0.6 is 0 Å². The zero-order valence-corrected chi connectivity index (χ0v) is 23.5. The molecule has 0 heterocycles. The van der Waals surface area contributed by atoms with Crippen LogP contribution in [0.5, 0.6) is 11.5 Å². The Bertz CT molecular complexity index is 931. The largest absolute Gasteiger partial charge is 0.508 e. The van der Waals surface area contributed by atoms with Crippen LogP contribution in [0, 0.1) is 5.92 Å². The van der Waals surface area contributed by atoms with Gasteiger partial charge in [0.1, 0.15) is 11.6 Å². The number of carbonyl (C=O) groups excluding carboxylic acids is 4. The van der Waals surface area contributed by atoms with Crippen LogP contribution in [0.15, 0.2) is 18.2 Å². The second kappa shape index (κ2) is 16.7. The number of hydrogen-bond acceptors (Lipinski definition) is 10. The van der Waals surface area contributed by atoms with Gasteiger partial charge in [-0.25, -0.2) is 4.79 Å². The third-order valence-corrected chi connectivity index (χ3v) is 5.52. The van der Waals surface area contributed by atoms with E-state index >= 15 is 0 Å². The highest BCUT2D eigenvalue weighted by molar-refractivity contribution is 5.81. The van der Waals surface area contributed by atoms with Crippen LogP contribution in [0.1, 0.15) is 85.1 Å². The summed E-state index contributed by atoms with van der Waals surface area (Å²) in [5, 5.41) is 0. The van der Waals surface area contributed by atoms with Crippen LogP contribution in [0.25, 0.3) is 0 Å². The van der Waals surface area contributed by atoms with Crippen molar-refractivity contribution >= 4 is 24.1 Å². The first-order chi connectivity index (χ1) is 17.9. The number of rotatable bonds is 16. The number of hydrogen-bond donors (Lipinski definition) is 1. The lowest BCUT2D eigenvalue weighted by atomic mass is 9.86. The van der Waals surface area contributed by atoms with Gasteiger partial charge in [-0.2, -0.15) is 0 Å². The zero-order valence-electron chi connectivity index (χ0n) is 23.5. The first-order valence-electron chi connectivity index (χ1n) is 13.2. The molecule has 0 fully saturated rings. The Hall–Kier alpha value is -3.14. The van der Waals surface area contributed by atoms with E-state index in [0.717, 1.165) is 12.8 Å². The molecule has 0 aliphatic heterocycles. The van der Waals surface area contributed by atoms with Crippen molar-refractivity contribution in [1.29, 1.82) is 0 Å². The lowest BCUT2D eigenvalue weighted by molar-refractivity contribution is -0.148. The van der Waals surface area contributed by atoms with E-state index in [0.29, 0.717) is 18.4 Å². The normalized spacial score (nSPS) is 13.3. The molecule has 0 aliphatic rings. The van der Waals surface area contributed by atoms with E-state index in [1.807, 2.05) is 27.7 Å². The van der Waals surface area contributed by atoms with Crippen LogP contribution in [0.3, 0.4) is 0 Å². The predicted molar refractivity (Wildman–Crippen MR) is 141 cm³/mol. The van der Waals surface area contributed by atoms with Gasteiger partial charge < -0.3 is 29.4 Å². The average Bonchev–Trinajstić information content (AvgIpc) is 2.85. The maximum atomic E-state index is 12.7. The fourth-order valence-corrected chi connectivity index (χ4v) is 3.60. The summed E-state index contributed by atoms with van der Waals surface area (Å²) in [6, 6.07) is 4.64. The van der Waals surface area contributed by atoms with Crippen molar-refractivity contribution < 1.29 is 42.9 Å². The van der Waals surface area contributed by atoms with E-state index in [2.05, 4.69) is 0 Å². The van der Waals surface area contributed by atoms with Crippen LogP contribution in [-0.4, -0.2) is 49.4 Å². The molecule has 10 heteroatoms. The van der Waals surface area contributed by atoms with Crippen LogP contribution in [0.2, 0.25) is 0 Å². The summed E-state index contributed by atoms with van der Waals surface area (Å²) in [6.45, 7) is 9.50. The summed E-state index contributed by atoms with van der Waals surface area (Å²) in [4.78, 5) is 49.2. The second-order valence-electron chi connectivity index (χ2n) is 9.85. The number of unbranched alkanes of at least 4 members (excludes halogenated alkanes) is 2. The van der Waals surface area contributed by atoms with E-state index in [4.69, 9.17) is 29.4 Å². The van der Waals surface area contributed by atoms with Gasteiger partial charge in [0.25, 0.3) is 0 Å². The van der Waals surface area contributed by atoms with Gasteiger partial charge in [0.2, 0.25) is 0 Å². The summed E-state index contributed by atoms with van der Waals surface area (Å²) in [7, 11) is 1.21. The fraction of sp³-hybridized carbons (Fsp3) is 0.643. The van der Waals surface area contributed by atoms with Crippen molar-refractivity contribution in [1.82, 2.24) is 0 Å². The molecular weight excluding hydrogens is 494 g/mol. The Morgan fingerprint density at radius 2 is 1.50 bits per heavy atom. The third kappa shape index (κ3) is 11.9. The minimum absolute atomic E-state index is 0.0298. The van der Waals surface area contributed by atoms with Gasteiger partial charge in [-0.15, -0.1) is 0 Å². The maximum Gasteiger partial charge on any atom is 0.508 e. The van der Waals surface area contributed by atoms with Gasteiger partial charge in [-0.3, -0.25) is 14.4 Å². The maximum absolute atomic E-state index is 12.7. The minimum Gasteiger partial charge on any atom is -0.468 e. The van der Waals surface area contributed by atoms with E-state index < -0.39 is 35.7 Å². The van der Waals surface area contributed by atoms with Crippen molar-refractivity contribution in [2.75, 3.05) is 13.7 Å². The Kier molecular flexibility index (Phi) is 14.4. The fourth-order valence-electron chi connectivity index (χ4n) is 3.60. The molecule has 1 unspecified atom stereocenters. The summed E-state index contributed by atoms with van der Waals surface area (Å²) < 4.78 is 26.2. The number of esters is 3. The lowest BCUT2D eigenvalue weighted by Crippen LogP contribution is -2.53. The molecule has 0 aromatic heterocycles. The predicted octanol–water partition coefficient (Wildman–Crippen LogP) is 4.88. The summed E-state index contributed by atoms with van der Waals surface area (Å²) in [5.74, 6) is -1.32. The van der Waals surface area contributed by atoms with Crippen molar-refractivity contribution in [2.45, 2.75) is 97.6 Å². The second-order valence-corrected chi connectivity index (χ2v) is 9.85. The monoisotopic (exact) mass is 537 g/mol. The van der Waals surface area contributed by atoms with Crippen LogP contribution < -0.4 is 15.2 Å². The van der Waals surface area contributed by atoms with Crippen molar-refractivity contribution in [3.8, 4) is 11.5 Å². The molecule has 0 bridgehead atoms. The topological polar surface area (TPSA) is 140 Å². The molecular formula is C28H43NO9. The van der Waals surface area contributed by atoms with E-state index in [-0.39, 0.29) is 49.7 Å². The van der Waals surface area contributed by atoms with E-state index in [9.17, 15) is 19.2 Å². The minimum atomic E-state index is -1.57. The van der Waals surface area contributed by atoms with Crippen molar-refractivity contribution in [2.24, 2.45) is 11.7 Å². The zero-order chi connectivity index (χ0) is 28.7. The molecule has 0 saturated carbocycles. The quantitative estimate of drug-likeness (QED) is 0.229. The third-order valence-electron chi connectivity index (χ3n) is 5.52. The summed E-state index contributed by atoms with van der Waals surface area (Å²) in [6.07, 6.45) is 1.69. The van der Waals surface area contributed by atoms with Gasteiger partial charge in [-0.1, -0.05) is 46.6 Å². The molecule has 2 N–H and O–H groups in total. The molecule has 2 atom stereocenters. The van der Waals surface area contributed by atoms with E-state index in [1.54, 1.807) is 13.0 Å². The molecule has 0 radical (unpaired) electrons. The molecule has 0 aliphatic carbocycles. The number of benzene rings is 1. The number of carbonyl (C=O) groups is 4. The summed E-state index contributed by atoms with van der Waals surface area (Å²) >= 11 is 0. The Morgan fingerprint density at radius 1 is 0.921 bits per heavy atom. The number of nitrogens with two attached hydrogens (primary N) is 1. The van der Waals surface area contributed by atoms with Crippen molar-refractivity contribution in [3.05, 3.63) is 23.8 Å². The van der Waals surface area contributed by atoms with Gasteiger partial charge in [0, 0.05) is 25.7 Å². The molecule has 1 rings (SSSR count). The van der Waals surface area contributed by atoms with Gasteiger partial charge in [0.05, 0.1) is 13.7 Å². The first kappa shape index (κ1) is 32.9. The smallest absolute Gasteiger partial charge is 0.468 e. The highest BCUT2D eigenvalue weighted by Gasteiger charge is 2.38. The average molecular weight is 538 g/mol. The highest BCUT2D eigenvalue weighted by atomic mass is 16.7.